The van der Waals surface area contributed by atoms with Crippen LogP contribution >= 0.6 is 11.8 Å². The highest BCUT2D eigenvalue weighted by atomic mass is 32.2. The number of rotatable bonds is 3. The van der Waals surface area contributed by atoms with Crippen molar-refractivity contribution in [2.45, 2.75) is 0 Å². The second kappa shape index (κ2) is 5.22. The van der Waals surface area contributed by atoms with E-state index in [1.165, 1.54) is 5.98 Å². The zero-order valence-corrected chi connectivity index (χ0v) is 5.56. The minimum absolute atomic E-state index is 0.831. The van der Waals surface area contributed by atoms with Crippen molar-refractivity contribution in [1.29, 1.82) is 0 Å². The van der Waals surface area contributed by atoms with Gasteiger partial charge in [0.15, 0.2) is 0 Å². The van der Waals surface area contributed by atoms with E-state index in [0.717, 1.165) is 5.75 Å². The van der Waals surface area contributed by atoms with Crippen LogP contribution in [-0.2, 0) is 0 Å². The van der Waals surface area contributed by atoms with Gasteiger partial charge in [0.2, 0.25) is 0 Å². The molecule has 0 radical (unpaired) electrons. The number of thioether (sulfide) groups is 1. The van der Waals surface area contributed by atoms with Crippen LogP contribution < -0.4 is 0 Å². The average Bonchev–Trinajstić information content (AvgIpc) is 1.66. The lowest BCUT2D eigenvalue weighted by Gasteiger charge is -1.84. The molecule has 0 saturated heterocycles. The maximum Gasteiger partial charge on any atom is 0.480 e. The molecule has 0 saturated carbocycles. The SMILES string of the molecule is CSC/C=C/B(O)O. The van der Waals surface area contributed by atoms with Crippen LogP contribution in [0, 0.1) is 0 Å². The summed E-state index contributed by atoms with van der Waals surface area (Å²) in [6.07, 6.45) is 3.67. The predicted molar refractivity (Wildman–Crippen MR) is 37.7 cm³/mol. The lowest BCUT2D eigenvalue weighted by Crippen LogP contribution is -2.05. The van der Waals surface area contributed by atoms with Gasteiger partial charge in [0.05, 0.1) is 0 Å². The molecule has 0 rings (SSSR count). The molecule has 4 heteroatoms. The van der Waals surface area contributed by atoms with Crippen molar-refractivity contribution >= 4 is 18.9 Å². The van der Waals surface area contributed by atoms with Gasteiger partial charge in [-0.3, -0.25) is 0 Å². The third-order valence-corrected chi connectivity index (χ3v) is 1.10. The average molecular weight is 132 g/mol. The second-order valence-corrected chi connectivity index (χ2v) is 2.21. The summed E-state index contributed by atoms with van der Waals surface area (Å²) < 4.78 is 0. The maximum atomic E-state index is 8.24. The van der Waals surface area contributed by atoms with Crippen LogP contribution in [0.4, 0.5) is 0 Å². The molecule has 0 aromatic rings. The number of hydrogen-bond acceptors (Lipinski definition) is 3. The van der Waals surface area contributed by atoms with Gasteiger partial charge in [0.1, 0.15) is 0 Å². The normalized spacial score (nSPS) is 10.4. The Bertz CT molecular complexity index is 74.4. The van der Waals surface area contributed by atoms with Crippen LogP contribution in [0.15, 0.2) is 12.1 Å². The van der Waals surface area contributed by atoms with Crippen molar-refractivity contribution in [3.8, 4) is 0 Å². The fourth-order valence-electron chi connectivity index (χ4n) is 0.273. The molecule has 0 heterocycles. The van der Waals surface area contributed by atoms with E-state index in [0.29, 0.717) is 0 Å². The summed E-state index contributed by atoms with van der Waals surface area (Å²) in [5.41, 5.74) is 0. The third kappa shape index (κ3) is 6.07. The molecule has 0 bridgehead atoms. The van der Waals surface area contributed by atoms with Gasteiger partial charge in [-0.25, -0.2) is 0 Å². The van der Waals surface area contributed by atoms with Gasteiger partial charge in [-0.05, 0) is 6.26 Å². The van der Waals surface area contributed by atoms with Crippen molar-refractivity contribution in [3.63, 3.8) is 0 Å². The minimum Gasteiger partial charge on any atom is -0.424 e. The Morgan fingerprint density at radius 2 is 2.25 bits per heavy atom. The highest BCUT2D eigenvalue weighted by molar-refractivity contribution is 7.98. The lowest BCUT2D eigenvalue weighted by atomic mass is 9.92. The summed E-state index contributed by atoms with van der Waals surface area (Å²) in [5, 5.41) is 16.5. The minimum atomic E-state index is -1.29. The first-order valence-corrected chi connectivity index (χ1v) is 3.68. The largest absolute Gasteiger partial charge is 0.480 e. The van der Waals surface area contributed by atoms with Gasteiger partial charge in [0, 0.05) is 5.75 Å². The van der Waals surface area contributed by atoms with E-state index in [1.807, 2.05) is 6.26 Å². The molecular weight excluding hydrogens is 123 g/mol. The molecule has 0 aromatic carbocycles. The van der Waals surface area contributed by atoms with E-state index < -0.39 is 7.12 Å². The van der Waals surface area contributed by atoms with Gasteiger partial charge in [0.25, 0.3) is 0 Å². The standard InChI is InChI=1S/C4H9BO2S/c1-8-4-2-3-5(6)7/h2-3,6-7H,4H2,1H3/b3-2+. The van der Waals surface area contributed by atoms with Crippen molar-refractivity contribution in [1.82, 2.24) is 0 Å². The molecular formula is C4H9BO2S. The molecule has 0 aliphatic carbocycles. The van der Waals surface area contributed by atoms with E-state index >= 15 is 0 Å². The van der Waals surface area contributed by atoms with E-state index in [1.54, 1.807) is 17.8 Å². The molecule has 2 nitrogen and oxygen atoms in total. The van der Waals surface area contributed by atoms with E-state index in [9.17, 15) is 0 Å². The van der Waals surface area contributed by atoms with Crippen LogP contribution in [0.25, 0.3) is 0 Å². The highest BCUT2D eigenvalue weighted by Gasteiger charge is 1.95. The summed E-state index contributed by atoms with van der Waals surface area (Å²) in [6, 6.07) is 0. The predicted octanol–water partition coefficient (Wildman–Crippen LogP) is -0.0824. The Labute approximate surface area is 53.7 Å². The molecule has 8 heavy (non-hydrogen) atoms. The summed E-state index contributed by atoms with van der Waals surface area (Å²) in [7, 11) is -1.29. The lowest BCUT2D eigenvalue weighted by molar-refractivity contribution is 0.424. The topological polar surface area (TPSA) is 40.5 Å². The summed E-state index contributed by atoms with van der Waals surface area (Å²) in [5.74, 6) is 2.17. The Morgan fingerprint density at radius 1 is 1.62 bits per heavy atom. The quantitative estimate of drug-likeness (QED) is 0.527. The smallest absolute Gasteiger partial charge is 0.424 e. The Balaban J connectivity index is 3.07. The fraction of sp³-hybridized carbons (Fsp3) is 0.500. The van der Waals surface area contributed by atoms with E-state index in [4.69, 9.17) is 10.0 Å². The molecule has 0 aliphatic rings. The summed E-state index contributed by atoms with van der Waals surface area (Å²) in [6.45, 7) is 0. The van der Waals surface area contributed by atoms with Gasteiger partial charge in [-0.15, -0.1) is 0 Å². The van der Waals surface area contributed by atoms with Gasteiger partial charge < -0.3 is 10.0 Å². The molecule has 0 aliphatic heterocycles. The first-order valence-electron chi connectivity index (χ1n) is 2.29. The molecule has 2 N–H and O–H groups in total. The molecule has 0 aromatic heterocycles. The zero-order chi connectivity index (χ0) is 6.41. The molecule has 0 amide bonds. The van der Waals surface area contributed by atoms with Crippen molar-refractivity contribution in [2.24, 2.45) is 0 Å². The fourth-order valence-corrected chi connectivity index (χ4v) is 0.577. The Kier molecular flexibility index (Phi) is 5.27. The Hall–Kier alpha value is 0.0749. The van der Waals surface area contributed by atoms with Crippen LogP contribution in [0.2, 0.25) is 0 Å². The first-order chi connectivity index (χ1) is 3.77. The van der Waals surface area contributed by atoms with Crippen molar-refractivity contribution in [2.75, 3.05) is 12.0 Å². The van der Waals surface area contributed by atoms with Crippen LogP contribution in [0.1, 0.15) is 0 Å². The van der Waals surface area contributed by atoms with Gasteiger partial charge >= 0.3 is 7.12 Å². The molecule has 0 fully saturated rings. The molecule has 0 spiro atoms. The van der Waals surface area contributed by atoms with Crippen LogP contribution in [0.3, 0.4) is 0 Å². The zero-order valence-electron chi connectivity index (χ0n) is 4.74. The van der Waals surface area contributed by atoms with Gasteiger partial charge in [-0.2, -0.15) is 11.8 Å². The maximum absolute atomic E-state index is 8.24. The molecule has 0 unspecified atom stereocenters. The van der Waals surface area contributed by atoms with E-state index in [2.05, 4.69) is 0 Å². The highest BCUT2D eigenvalue weighted by Crippen LogP contribution is 1.90. The molecule has 0 atom stereocenters. The van der Waals surface area contributed by atoms with Gasteiger partial charge in [-0.1, -0.05) is 12.1 Å². The first kappa shape index (κ1) is 8.07. The second-order valence-electron chi connectivity index (χ2n) is 1.30. The number of hydrogen-bond donors (Lipinski definition) is 2. The molecule has 46 valence electrons. The van der Waals surface area contributed by atoms with Crippen molar-refractivity contribution in [3.05, 3.63) is 12.1 Å². The summed E-state index contributed by atoms with van der Waals surface area (Å²) in [4.78, 5) is 0. The van der Waals surface area contributed by atoms with Crippen molar-refractivity contribution < 1.29 is 10.0 Å². The van der Waals surface area contributed by atoms with Crippen LogP contribution in [-0.4, -0.2) is 29.2 Å². The van der Waals surface area contributed by atoms with E-state index in [-0.39, 0.29) is 0 Å². The Morgan fingerprint density at radius 3 is 2.62 bits per heavy atom. The summed E-state index contributed by atoms with van der Waals surface area (Å²) >= 11 is 1.63. The third-order valence-electron chi connectivity index (χ3n) is 0.571. The van der Waals surface area contributed by atoms with Crippen LogP contribution in [0.5, 0.6) is 0 Å². The monoisotopic (exact) mass is 132 g/mol.